The number of imidazole rings is 1. The number of fused-ring (bicyclic) bond motifs is 1. The first-order chi connectivity index (χ1) is 11.6. The summed E-state index contributed by atoms with van der Waals surface area (Å²) in [4.78, 5) is 31.5. The number of aromatic amines is 1. The average Bonchev–Trinajstić information content (AvgIpc) is 3.09. The summed E-state index contributed by atoms with van der Waals surface area (Å²) in [5.41, 5.74) is 2.55. The summed E-state index contributed by atoms with van der Waals surface area (Å²) in [6.07, 6.45) is 3.87. The van der Waals surface area contributed by atoms with Gasteiger partial charge in [-0.3, -0.25) is 4.79 Å². The van der Waals surface area contributed by atoms with Crippen LogP contribution in [0.1, 0.15) is 5.56 Å². The van der Waals surface area contributed by atoms with E-state index in [0.29, 0.717) is 18.0 Å². The molecule has 1 aromatic carbocycles. The smallest absolute Gasteiger partial charge is 0.241 e. The fourth-order valence-corrected chi connectivity index (χ4v) is 2.51. The number of anilines is 1. The largest absolute Gasteiger partial charge is 0.348 e. The maximum atomic E-state index is 12.4. The number of nitrogens with zero attached hydrogens (tertiary/aromatic N) is 5. The Hall–Kier alpha value is -2.96. The van der Waals surface area contributed by atoms with Crippen LogP contribution in [0.3, 0.4) is 0 Å². The minimum atomic E-state index is 0.0414. The monoisotopic (exact) mass is 324 g/mol. The molecule has 0 bridgehead atoms. The van der Waals surface area contributed by atoms with Crippen LogP contribution in [0.15, 0.2) is 43.0 Å². The second kappa shape index (κ2) is 7.08. The number of hydrogen-bond donors (Lipinski definition) is 1. The summed E-state index contributed by atoms with van der Waals surface area (Å²) < 4.78 is 0. The van der Waals surface area contributed by atoms with Gasteiger partial charge in [0.05, 0.1) is 12.9 Å². The highest BCUT2D eigenvalue weighted by molar-refractivity contribution is 5.86. The first kappa shape index (κ1) is 15.9. The Kier molecular flexibility index (Phi) is 4.69. The van der Waals surface area contributed by atoms with Gasteiger partial charge in [0, 0.05) is 20.6 Å². The highest BCUT2D eigenvalue weighted by Gasteiger charge is 2.16. The number of hydrogen-bond acceptors (Lipinski definition) is 5. The zero-order valence-corrected chi connectivity index (χ0v) is 13.8. The van der Waals surface area contributed by atoms with Gasteiger partial charge in [0.1, 0.15) is 11.8 Å². The van der Waals surface area contributed by atoms with Crippen LogP contribution in [-0.2, 0) is 11.2 Å². The molecule has 2 heterocycles. The summed E-state index contributed by atoms with van der Waals surface area (Å²) in [7, 11) is 3.66. The molecule has 0 aliphatic carbocycles. The van der Waals surface area contributed by atoms with Crippen LogP contribution in [-0.4, -0.2) is 57.9 Å². The predicted octanol–water partition coefficient (Wildman–Crippen LogP) is 1.49. The van der Waals surface area contributed by atoms with Crippen LogP contribution in [0.25, 0.3) is 11.2 Å². The van der Waals surface area contributed by atoms with Gasteiger partial charge < -0.3 is 14.8 Å². The summed E-state index contributed by atoms with van der Waals surface area (Å²) in [5, 5.41) is 0. The van der Waals surface area contributed by atoms with E-state index in [-0.39, 0.29) is 12.5 Å². The van der Waals surface area contributed by atoms with Crippen molar-refractivity contribution in [2.75, 3.05) is 32.1 Å². The van der Waals surface area contributed by atoms with Crippen molar-refractivity contribution in [3.63, 3.8) is 0 Å². The lowest BCUT2D eigenvalue weighted by Crippen LogP contribution is -2.38. The Morgan fingerprint density at radius 2 is 1.92 bits per heavy atom. The number of carbonyl (C=O) groups excluding carboxylic acids is 1. The third kappa shape index (κ3) is 3.51. The van der Waals surface area contributed by atoms with E-state index in [1.807, 2.05) is 37.2 Å². The van der Waals surface area contributed by atoms with Crippen LogP contribution in [0.5, 0.6) is 0 Å². The zero-order chi connectivity index (χ0) is 16.9. The van der Waals surface area contributed by atoms with E-state index in [1.54, 1.807) is 11.2 Å². The number of rotatable bonds is 6. The van der Waals surface area contributed by atoms with Crippen molar-refractivity contribution >= 4 is 22.9 Å². The Labute approximate surface area is 140 Å². The fourth-order valence-electron chi connectivity index (χ4n) is 2.51. The van der Waals surface area contributed by atoms with Gasteiger partial charge in [0.25, 0.3) is 0 Å². The Balaban J connectivity index is 1.60. The van der Waals surface area contributed by atoms with Crippen LogP contribution in [0, 0.1) is 0 Å². The van der Waals surface area contributed by atoms with Crippen molar-refractivity contribution in [2.24, 2.45) is 0 Å². The van der Waals surface area contributed by atoms with Crippen molar-refractivity contribution in [1.82, 2.24) is 24.8 Å². The van der Waals surface area contributed by atoms with Gasteiger partial charge in [-0.2, -0.15) is 0 Å². The van der Waals surface area contributed by atoms with Crippen LogP contribution in [0.4, 0.5) is 5.82 Å². The minimum absolute atomic E-state index is 0.0414. The lowest BCUT2D eigenvalue weighted by Gasteiger charge is -2.22. The van der Waals surface area contributed by atoms with Crippen LogP contribution >= 0.6 is 0 Å². The Bertz CT molecular complexity index is 816. The van der Waals surface area contributed by atoms with Gasteiger partial charge in [0.15, 0.2) is 11.5 Å². The number of carbonyl (C=O) groups is 1. The Morgan fingerprint density at radius 3 is 2.71 bits per heavy atom. The molecule has 0 saturated heterocycles. The van der Waals surface area contributed by atoms with Gasteiger partial charge in [-0.15, -0.1) is 0 Å². The van der Waals surface area contributed by atoms with E-state index < -0.39 is 0 Å². The van der Waals surface area contributed by atoms with E-state index >= 15 is 0 Å². The van der Waals surface area contributed by atoms with E-state index in [4.69, 9.17) is 0 Å². The molecule has 2 aromatic heterocycles. The standard InChI is InChI=1S/C17H20N6O/c1-22(9-8-13-6-4-3-5-7-13)14(24)10-23(2)17-15-16(19-11-18-15)20-12-21-17/h3-7,11-12H,8-10H2,1-2H3,(H,18,19,20,21). The third-order valence-electron chi connectivity index (χ3n) is 3.94. The molecular formula is C17H20N6O. The molecule has 7 heteroatoms. The molecule has 124 valence electrons. The molecule has 1 N–H and O–H groups in total. The highest BCUT2D eigenvalue weighted by atomic mass is 16.2. The molecule has 0 unspecified atom stereocenters. The van der Waals surface area contributed by atoms with Crippen molar-refractivity contribution in [1.29, 1.82) is 0 Å². The maximum absolute atomic E-state index is 12.4. The van der Waals surface area contributed by atoms with Gasteiger partial charge in [-0.25, -0.2) is 15.0 Å². The first-order valence-corrected chi connectivity index (χ1v) is 7.78. The summed E-state index contributed by atoms with van der Waals surface area (Å²) in [5.74, 6) is 0.710. The van der Waals surface area contributed by atoms with Crippen molar-refractivity contribution in [3.05, 3.63) is 48.5 Å². The molecule has 3 aromatic rings. The van der Waals surface area contributed by atoms with E-state index in [9.17, 15) is 4.79 Å². The van der Waals surface area contributed by atoms with E-state index in [0.717, 1.165) is 11.9 Å². The van der Waals surface area contributed by atoms with Crippen LogP contribution in [0.2, 0.25) is 0 Å². The van der Waals surface area contributed by atoms with Gasteiger partial charge in [0.2, 0.25) is 5.91 Å². The minimum Gasteiger partial charge on any atom is -0.348 e. The van der Waals surface area contributed by atoms with E-state index in [1.165, 1.54) is 11.9 Å². The quantitative estimate of drug-likeness (QED) is 0.743. The Morgan fingerprint density at radius 1 is 1.12 bits per heavy atom. The summed E-state index contributed by atoms with van der Waals surface area (Å²) in [6.45, 7) is 0.927. The molecule has 1 amide bonds. The average molecular weight is 324 g/mol. The van der Waals surface area contributed by atoms with Gasteiger partial charge >= 0.3 is 0 Å². The lowest BCUT2D eigenvalue weighted by atomic mass is 10.1. The molecule has 0 fully saturated rings. The van der Waals surface area contributed by atoms with Crippen LogP contribution < -0.4 is 4.90 Å². The number of nitrogens with one attached hydrogen (secondary N) is 1. The normalized spacial score (nSPS) is 10.8. The third-order valence-corrected chi connectivity index (χ3v) is 3.94. The van der Waals surface area contributed by atoms with Crippen molar-refractivity contribution in [2.45, 2.75) is 6.42 Å². The molecule has 7 nitrogen and oxygen atoms in total. The van der Waals surface area contributed by atoms with Crippen molar-refractivity contribution in [3.8, 4) is 0 Å². The molecule has 24 heavy (non-hydrogen) atoms. The molecule has 0 spiro atoms. The lowest BCUT2D eigenvalue weighted by molar-refractivity contribution is -0.128. The van der Waals surface area contributed by atoms with E-state index in [2.05, 4.69) is 32.1 Å². The predicted molar refractivity (Wildman–Crippen MR) is 92.7 cm³/mol. The molecule has 3 rings (SSSR count). The summed E-state index contributed by atoms with van der Waals surface area (Å²) in [6, 6.07) is 10.2. The SMILES string of the molecule is CN(CCc1ccccc1)C(=O)CN(C)c1ncnc2nc[nH]c12. The number of benzene rings is 1. The molecule has 0 atom stereocenters. The second-order valence-electron chi connectivity index (χ2n) is 5.71. The highest BCUT2D eigenvalue weighted by Crippen LogP contribution is 2.18. The second-order valence-corrected chi connectivity index (χ2v) is 5.71. The van der Waals surface area contributed by atoms with Gasteiger partial charge in [-0.05, 0) is 12.0 Å². The maximum Gasteiger partial charge on any atom is 0.241 e. The summed E-state index contributed by atoms with van der Waals surface area (Å²) >= 11 is 0. The fraction of sp³-hybridized carbons (Fsp3) is 0.294. The molecule has 0 aliphatic rings. The number of H-pyrrole nitrogens is 1. The molecule has 0 aliphatic heterocycles. The molecular weight excluding hydrogens is 304 g/mol. The van der Waals surface area contributed by atoms with Crippen molar-refractivity contribution < 1.29 is 4.79 Å². The molecule has 0 saturated carbocycles. The first-order valence-electron chi connectivity index (χ1n) is 7.78. The topological polar surface area (TPSA) is 78.0 Å². The number of aromatic nitrogens is 4. The zero-order valence-electron chi connectivity index (χ0n) is 13.8. The van der Waals surface area contributed by atoms with Gasteiger partial charge in [-0.1, -0.05) is 30.3 Å². The number of likely N-dealkylation sites (N-methyl/N-ethyl adjacent to an activating group) is 2. The number of amides is 1. The molecule has 0 radical (unpaired) electrons.